The van der Waals surface area contributed by atoms with E-state index in [1.807, 2.05) is 18.2 Å². The van der Waals surface area contributed by atoms with Gasteiger partial charge in [0.15, 0.2) is 5.96 Å². The molecule has 2 unspecified atom stereocenters. The summed E-state index contributed by atoms with van der Waals surface area (Å²) in [5.74, 6) is 0.847. The maximum absolute atomic E-state index is 11.8. The van der Waals surface area contributed by atoms with Crippen molar-refractivity contribution in [1.82, 2.24) is 10.2 Å². The van der Waals surface area contributed by atoms with Crippen molar-refractivity contribution in [2.75, 3.05) is 33.8 Å². The Kier molecular flexibility index (Phi) is 6.28. The zero-order valence-electron chi connectivity index (χ0n) is 13.9. The molecule has 1 aliphatic rings. The summed E-state index contributed by atoms with van der Waals surface area (Å²) in [5.41, 5.74) is 1.18. The van der Waals surface area contributed by atoms with E-state index in [0.29, 0.717) is 6.54 Å². The van der Waals surface area contributed by atoms with Crippen LogP contribution in [0.25, 0.3) is 0 Å². The number of methoxy groups -OCH3 is 1. The molecule has 23 heavy (non-hydrogen) atoms. The Hall–Kier alpha value is -1.75. The molecular formula is C17H24ClN3O2. The first kappa shape index (κ1) is 17.6. The predicted molar refractivity (Wildman–Crippen MR) is 92.8 cm³/mol. The number of hydrogen-bond acceptors (Lipinski definition) is 3. The van der Waals surface area contributed by atoms with Crippen molar-refractivity contribution in [3.63, 3.8) is 0 Å². The standard InChI is InChI=1S/C17H24ClN3O2/c1-12-10-21(11-15(12)16(22)23-3)17(19-2)20-8-7-13-5-4-6-14(18)9-13/h4-6,9,12,15H,7-8,10-11H2,1-3H3,(H,19,20). The molecule has 0 spiro atoms. The maximum atomic E-state index is 11.8. The van der Waals surface area contributed by atoms with E-state index >= 15 is 0 Å². The number of carbonyl (C=O) groups excluding carboxylic acids is 1. The average molecular weight is 338 g/mol. The Labute approximate surface area is 142 Å². The van der Waals surface area contributed by atoms with Gasteiger partial charge in [-0.1, -0.05) is 30.7 Å². The van der Waals surface area contributed by atoms with Crippen LogP contribution in [0.4, 0.5) is 0 Å². The second kappa shape index (κ2) is 8.20. The molecule has 1 fully saturated rings. The Morgan fingerprint density at radius 3 is 2.91 bits per heavy atom. The quantitative estimate of drug-likeness (QED) is 0.520. The highest BCUT2D eigenvalue weighted by Gasteiger charge is 2.36. The van der Waals surface area contributed by atoms with Crippen LogP contribution in [-0.2, 0) is 16.0 Å². The molecule has 1 aliphatic heterocycles. The number of nitrogens with zero attached hydrogens (tertiary/aromatic N) is 2. The van der Waals surface area contributed by atoms with Crippen LogP contribution in [-0.4, -0.2) is 50.6 Å². The molecule has 0 amide bonds. The highest BCUT2D eigenvalue weighted by Crippen LogP contribution is 2.24. The van der Waals surface area contributed by atoms with E-state index in [2.05, 4.69) is 28.2 Å². The smallest absolute Gasteiger partial charge is 0.310 e. The Morgan fingerprint density at radius 2 is 2.26 bits per heavy atom. The third-order valence-electron chi connectivity index (χ3n) is 4.21. The summed E-state index contributed by atoms with van der Waals surface area (Å²) >= 11 is 6.00. The fourth-order valence-electron chi connectivity index (χ4n) is 2.94. The van der Waals surface area contributed by atoms with E-state index in [1.54, 1.807) is 7.05 Å². The number of ether oxygens (including phenoxy) is 1. The number of hydrogen-bond donors (Lipinski definition) is 1. The summed E-state index contributed by atoms with van der Waals surface area (Å²) in [5, 5.41) is 4.11. The van der Waals surface area contributed by atoms with Crippen molar-refractivity contribution >= 4 is 23.5 Å². The second-order valence-corrected chi connectivity index (χ2v) is 6.30. The minimum atomic E-state index is -0.144. The molecular weight excluding hydrogens is 314 g/mol. The summed E-state index contributed by atoms with van der Waals surface area (Å²) in [6, 6.07) is 7.85. The lowest BCUT2D eigenvalue weighted by molar-refractivity contribution is -0.145. The normalized spacial score (nSPS) is 21.4. The van der Waals surface area contributed by atoms with Crippen molar-refractivity contribution in [2.45, 2.75) is 13.3 Å². The van der Waals surface area contributed by atoms with Crippen LogP contribution in [0.15, 0.2) is 29.3 Å². The van der Waals surface area contributed by atoms with Gasteiger partial charge in [-0.15, -0.1) is 0 Å². The first-order chi connectivity index (χ1) is 11.0. The van der Waals surface area contributed by atoms with E-state index in [-0.39, 0.29) is 17.8 Å². The first-order valence-electron chi connectivity index (χ1n) is 7.83. The van der Waals surface area contributed by atoms with Crippen molar-refractivity contribution in [3.8, 4) is 0 Å². The van der Waals surface area contributed by atoms with Crippen LogP contribution >= 0.6 is 11.6 Å². The van der Waals surface area contributed by atoms with Crippen molar-refractivity contribution in [1.29, 1.82) is 0 Å². The van der Waals surface area contributed by atoms with Crippen LogP contribution in [0.5, 0.6) is 0 Å². The molecule has 1 heterocycles. The first-order valence-corrected chi connectivity index (χ1v) is 8.20. The monoisotopic (exact) mass is 337 g/mol. The molecule has 5 nitrogen and oxygen atoms in total. The number of likely N-dealkylation sites (tertiary alicyclic amines) is 1. The van der Waals surface area contributed by atoms with Gasteiger partial charge in [-0.2, -0.15) is 0 Å². The fraction of sp³-hybridized carbons (Fsp3) is 0.529. The summed E-state index contributed by atoms with van der Waals surface area (Å²) in [6.45, 7) is 4.28. The van der Waals surface area contributed by atoms with Gasteiger partial charge in [0.25, 0.3) is 0 Å². The molecule has 6 heteroatoms. The molecule has 1 N–H and O–H groups in total. The molecule has 0 aliphatic carbocycles. The van der Waals surface area contributed by atoms with Gasteiger partial charge in [0.05, 0.1) is 13.0 Å². The van der Waals surface area contributed by atoms with E-state index in [9.17, 15) is 4.79 Å². The van der Waals surface area contributed by atoms with Gasteiger partial charge in [0.1, 0.15) is 0 Å². The average Bonchev–Trinajstić information content (AvgIpc) is 2.92. The largest absolute Gasteiger partial charge is 0.469 e. The zero-order chi connectivity index (χ0) is 16.8. The lowest BCUT2D eigenvalue weighted by Crippen LogP contribution is -2.41. The van der Waals surface area contributed by atoms with E-state index in [4.69, 9.17) is 16.3 Å². The minimum Gasteiger partial charge on any atom is -0.469 e. The third kappa shape index (κ3) is 4.61. The molecule has 1 aromatic carbocycles. The van der Waals surface area contributed by atoms with E-state index < -0.39 is 0 Å². The van der Waals surface area contributed by atoms with Crippen molar-refractivity contribution < 1.29 is 9.53 Å². The van der Waals surface area contributed by atoms with E-state index in [0.717, 1.165) is 30.5 Å². The summed E-state index contributed by atoms with van der Waals surface area (Å²) in [6.07, 6.45) is 0.864. The van der Waals surface area contributed by atoms with Gasteiger partial charge in [-0.05, 0) is 30.0 Å². The molecule has 0 saturated carbocycles. The van der Waals surface area contributed by atoms with Gasteiger partial charge >= 0.3 is 5.97 Å². The maximum Gasteiger partial charge on any atom is 0.310 e. The number of esters is 1. The van der Waals surface area contributed by atoms with Crippen LogP contribution in [0.3, 0.4) is 0 Å². The molecule has 126 valence electrons. The van der Waals surface area contributed by atoms with Crippen LogP contribution in [0.1, 0.15) is 12.5 Å². The number of halogens is 1. The number of rotatable bonds is 4. The van der Waals surface area contributed by atoms with Crippen LogP contribution < -0.4 is 5.32 Å². The van der Waals surface area contributed by atoms with E-state index in [1.165, 1.54) is 12.7 Å². The van der Waals surface area contributed by atoms with Crippen molar-refractivity contribution in [2.24, 2.45) is 16.8 Å². The molecule has 0 aromatic heterocycles. The third-order valence-corrected chi connectivity index (χ3v) is 4.45. The zero-order valence-corrected chi connectivity index (χ0v) is 14.6. The Morgan fingerprint density at radius 1 is 1.48 bits per heavy atom. The van der Waals surface area contributed by atoms with Gasteiger partial charge in [0, 0.05) is 31.7 Å². The number of benzene rings is 1. The summed E-state index contributed by atoms with van der Waals surface area (Å²) in [4.78, 5) is 18.2. The lowest BCUT2D eigenvalue weighted by Gasteiger charge is -2.21. The fourth-order valence-corrected chi connectivity index (χ4v) is 3.15. The summed E-state index contributed by atoms with van der Waals surface area (Å²) in [7, 11) is 3.20. The molecule has 2 atom stereocenters. The second-order valence-electron chi connectivity index (χ2n) is 5.87. The number of nitrogens with one attached hydrogen (secondary N) is 1. The van der Waals surface area contributed by atoms with Crippen LogP contribution in [0.2, 0.25) is 5.02 Å². The SMILES string of the molecule is CN=C(NCCc1cccc(Cl)c1)N1CC(C)C(C(=O)OC)C1. The minimum absolute atomic E-state index is 0.0912. The number of guanidine groups is 1. The molecule has 2 rings (SSSR count). The van der Waals surface area contributed by atoms with Crippen molar-refractivity contribution in [3.05, 3.63) is 34.9 Å². The lowest BCUT2D eigenvalue weighted by atomic mass is 9.99. The van der Waals surface area contributed by atoms with Gasteiger partial charge in [-0.3, -0.25) is 9.79 Å². The highest BCUT2D eigenvalue weighted by atomic mass is 35.5. The van der Waals surface area contributed by atoms with Gasteiger partial charge in [0.2, 0.25) is 0 Å². The molecule has 0 radical (unpaired) electrons. The van der Waals surface area contributed by atoms with Gasteiger partial charge in [-0.25, -0.2) is 0 Å². The van der Waals surface area contributed by atoms with Crippen LogP contribution in [0, 0.1) is 11.8 Å². The Balaban J connectivity index is 1.87. The molecule has 1 saturated heterocycles. The number of carbonyl (C=O) groups is 1. The molecule has 0 bridgehead atoms. The molecule has 1 aromatic rings. The summed E-state index contributed by atoms with van der Waals surface area (Å²) < 4.78 is 4.88. The Bertz CT molecular complexity index is 577. The number of aliphatic imine (C=N–C) groups is 1. The van der Waals surface area contributed by atoms with Gasteiger partial charge < -0.3 is 15.0 Å². The highest BCUT2D eigenvalue weighted by molar-refractivity contribution is 6.30. The topological polar surface area (TPSA) is 53.9 Å². The predicted octanol–water partition coefficient (Wildman–Crippen LogP) is 2.20.